The Balaban J connectivity index is 2.36. The molecular formula is C13H13BrClNS. The molecule has 0 saturated carbocycles. The van der Waals surface area contributed by atoms with Gasteiger partial charge in [-0.15, -0.1) is 11.3 Å². The second-order valence-corrected chi connectivity index (χ2v) is 6.40. The molecule has 1 heterocycles. The minimum Gasteiger partial charge on any atom is -0.309 e. The average molecular weight is 331 g/mol. The molecule has 2 aromatic rings. The third kappa shape index (κ3) is 2.91. The topological polar surface area (TPSA) is 12.0 Å². The van der Waals surface area contributed by atoms with Gasteiger partial charge in [0.25, 0.3) is 0 Å². The Morgan fingerprint density at radius 3 is 2.41 bits per heavy atom. The molecule has 1 aromatic heterocycles. The average Bonchev–Trinajstić information content (AvgIpc) is 2.63. The minimum absolute atomic E-state index is 0.224. The van der Waals surface area contributed by atoms with Crippen LogP contribution in [0.15, 0.2) is 34.8 Å². The number of hydrogen-bond acceptors (Lipinski definition) is 2. The van der Waals surface area contributed by atoms with Gasteiger partial charge in [0.15, 0.2) is 0 Å². The molecule has 4 heteroatoms. The SMILES string of the molecule is CNC(c1ccc(Cl)cc1)c1cc(Br)c(C)s1. The van der Waals surface area contributed by atoms with Gasteiger partial charge in [-0.2, -0.15) is 0 Å². The van der Waals surface area contributed by atoms with E-state index in [-0.39, 0.29) is 6.04 Å². The van der Waals surface area contributed by atoms with Crippen molar-refractivity contribution in [2.75, 3.05) is 7.05 Å². The van der Waals surface area contributed by atoms with Crippen LogP contribution >= 0.6 is 38.9 Å². The second-order valence-electron chi connectivity index (χ2n) is 3.83. The number of thiophene rings is 1. The van der Waals surface area contributed by atoms with Crippen LogP contribution in [0.2, 0.25) is 5.02 Å². The standard InChI is InChI=1S/C13H13BrClNS/c1-8-11(14)7-12(17-8)13(16-2)9-3-5-10(15)6-4-9/h3-7,13,16H,1-2H3. The summed E-state index contributed by atoms with van der Waals surface area (Å²) in [5.74, 6) is 0. The maximum absolute atomic E-state index is 5.91. The summed E-state index contributed by atoms with van der Waals surface area (Å²) in [5, 5.41) is 4.11. The fourth-order valence-electron chi connectivity index (χ4n) is 1.75. The predicted octanol–water partition coefficient (Wildman–Crippen LogP) is 4.78. The molecule has 0 amide bonds. The third-order valence-corrected chi connectivity index (χ3v) is 5.11. The van der Waals surface area contributed by atoms with Crippen molar-refractivity contribution in [3.8, 4) is 0 Å². The van der Waals surface area contributed by atoms with E-state index in [2.05, 4.69) is 46.4 Å². The van der Waals surface area contributed by atoms with E-state index in [9.17, 15) is 0 Å². The smallest absolute Gasteiger partial charge is 0.0669 e. The summed E-state index contributed by atoms with van der Waals surface area (Å²) in [4.78, 5) is 2.61. The molecule has 90 valence electrons. The maximum Gasteiger partial charge on any atom is 0.0669 e. The summed E-state index contributed by atoms with van der Waals surface area (Å²) in [6, 6.07) is 10.4. The van der Waals surface area contributed by atoms with Gasteiger partial charge in [-0.25, -0.2) is 0 Å². The maximum atomic E-state index is 5.91. The van der Waals surface area contributed by atoms with Gasteiger partial charge in [-0.3, -0.25) is 0 Å². The van der Waals surface area contributed by atoms with Crippen LogP contribution in [-0.4, -0.2) is 7.05 Å². The fourth-order valence-corrected chi connectivity index (χ4v) is 3.58. The van der Waals surface area contributed by atoms with E-state index >= 15 is 0 Å². The Bertz CT molecular complexity index is 487. The first-order valence-electron chi connectivity index (χ1n) is 5.30. The number of halogens is 2. The molecule has 1 N–H and O–H groups in total. The van der Waals surface area contributed by atoms with Crippen molar-refractivity contribution in [3.05, 3.63) is 55.1 Å². The van der Waals surface area contributed by atoms with Crippen LogP contribution in [0, 0.1) is 6.92 Å². The molecular weight excluding hydrogens is 318 g/mol. The van der Waals surface area contributed by atoms with Crippen LogP contribution in [-0.2, 0) is 0 Å². The zero-order chi connectivity index (χ0) is 12.4. The van der Waals surface area contributed by atoms with Crippen LogP contribution in [0.3, 0.4) is 0 Å². The Morgan fingerprint density at radius 1 is 1.29 bits per heavy atom. The highest BCUT2D eigenvalue weighted by atomic mass is 79.9. The van der Waals surface area contributed by atoms with Crippen LogP contribution in [0.5, 0.6) is 0 Å². The van der Waals surface area contributed by atoms with Gasteiger partial charge in [0, 0.05) is 19.2 Å². The molecule has 1 aromatic carbocycles. The lowest BCUT2D eigenvalue weighted by atomic mass is 10.1. The summed E-state index contributed by atoms with van der Waals surface area (Å²) < 4.78 is 1.17. The van der Waals surface area contributed by atoms with Crippen LogP contribution in [0.25, 0.3) is 0 Å². The normalized spacial score (nSPS) is 12.7. The molecule has 0 fully saturated rings. The largest absolute Gasteiger partial charge is 0.309 e. The van der Waals surface area contributed by atoms with Crippen molar-refractivity contribution in [1.82, 2.24) is 5.32 Å². The quantitative estimate of drug-likeness (QED) is 0.854. The van der Waals surface area contributed by atoms with Crippen molar-refractivity contribution in [1.29, 1.82) is 0 Å². The van der Waals surface area contributed by atoms with E-state index in [0.717, 1.165) is 5.02 Å². The Labute approximate surface area is 119 Å². The van der Waals surface area contributed by atoms with Gasteiger partial charge in [-0.05, 0) is 53.7 Å². The molecule has 0 aliphatic heterocycles. The number of rotatable bonds is 3. The number of hydrogen-bond donors (Lipinski definition) is 1. The Morgan fingerprint density at radius 2 is 1.94 bits per heavy atom. The predicted molar refractivity (Wildman–Crippen MR) is 79.1 cm³/mol. The molecule has 2 rings (SSSR count). The summed E-state index contributed by atoms with van der Waals surface area (Å²) in [6.45, 7) is 2.12. The molecule has 0 saturated heterocycles. The van der Waals surface area contributed by atoms with Crippen molar-refractivity contribution < 1.29 is 0 Å². The second kappa shape index (κ2) is 5.53. The van der Waals surface area contributed by atoms with E-state index in [1.807, 2.05) is 19.2 Å². The van der Waals surface area contributed by atoms with Gasteiger partial charge in [0.1, 0.15) is 0 Å². The molecule has 0 bridgehead atoms. The molecule has 0 radical (unpaired) electrons. The first kappa shape index (κ1) is 13.1. The fraction of sp³-hybridized carbons (Fsp3) is 0.231. The first-order chi connectivity index (χ1) is 8.11. The lowest BCUT2D eigenvalue weighted by Crippen LogP contribution is -2.16. The third-order valence-electron chi connectivity index (χ3n) is 2.65. The molecule has 17 heavy (non-hydrogen) atoms. The van der Waals surface area contributed by atoms with E-state index < -0.39 is 0 Å². The molecule has 0 aliphatic rings. The highest BCUT2D eigenvalue weighted by Gasteiger charge is 2.15. The summed E-state index contributed by atoms with van der Waals surface area (Å²) in [7, 11) is 1.97. The van der Waals surface area contributed by atoms with Crippen LogP contribution < -0.4 is 5.32 Å². The van der Waals surface area contributed by atoms with E-state index in [0.29, 0.717) is 0 Å². The minimum atomic E-state index is 0.224. The van der Waals surface area contributed by atoms with Gasteiger partial charge in [0.05, 0.1) is 6.04 Å². The van der Waals surface area contributed by atoms with Gasteiger partial charge < -0.3 is 5.32 Å². The number of benzene rings is 1. The number of nitrogens with one attached hydrogen (secondary N) is 1. The van der Waals surface area contributed by atoms with Crippen LogP contribution in [0.1, 0.15) is 21.4 Å². The first-order valence-corrected chi connectivity index (χ1v) is 7.29. The molecule has 1 atom stereocenters. The lowest BCUT2D eigenvalue weighted by Gasteiger charge is -2.14. The zero-order valence-electron chi connectivity index (χ0n) is 9.63. The van der Waals surface area contributed by atoms with E-state index in [1.54, 1.807) is 11.3 Å². The monoisotopic (exact) mass is 329 g/mol. The zero-order valence-corrected chi connectivity index (χ0v) is 12.8. The van der Waals surface area contributed by atoms with Gasteiger partial charge in [0.2, 0.25) is 0 Å². The Hall–Kier alpha value is -0.350. The Kier molecular flexibility index (Phi) is 4.26. The van der Waals surface area contributed by atoms with Crippen molar-refractivity contribution in [2.45, 2.75) is 13.0 Å². The van der Waals surface area contributed by atoms with Gasteiger partial charge in [-0.1, -0.05) is 23.7 Å². The van der Waals surface area contributed by atoms with Crippen molar-refractivity contribution >= 4 is 38.9 Å². The van der Waals surface area contributed by atoms with Crippen molar-refractivity contribution in [3.63, 3.8) is 0 Å². The number of aryl methyl sites for hydroxylation is 1. The summed E-state index contributed by atoms with van der Waals surface area (Å²) in [5.41, 5.74) is 1.23. The lowest BCUT2D eigenvalue weighted by molar-refractivity contribution is 0.704. The molecule has 0 spiro atoms. The molecule has 0 aliphatic carbocycles. The molecule has 1 unspecified atom stereocenters. The van der Waals surface area contributed by atoms with Crippen LogP contribution in [0.4, 0.5) is 0 Å². The van der Waals surface area contributed by atoms with Crippen molar-refractivity contribution in [2.24, 2.45) is 0 Å². The van der Waals surface area contributed by atoms with Gasteiger partial charge >= 0.3 is 0 Å². The summed E-state index contributed by atoms with van der Waals surface area (Å²) in [6.07, 6.45) is 0. The highest BCUT2D eigenvalue weighted by Crippen LogP contribution is 2.33. The summed E-state index contributed by atoms with van der Waals surface area (Å²) >= 11 is 11.3. The molecule has 1 nitrogen and oxygen atoms in total. The van der Waals surface area contributed by atoms with E-state index in [1.165, 1.54) is 19.8 Å². The highest BCUT2D eigenvalue weighted by molar-refractivity contribution is 9.10. The van der Waals surface area contributed by atoms with E-state index in [4.69, 9.17) is 11.6 Å².